The molecule has 0 unspecified atom stereocenters. The van der Waals surface area contributed by atoms with Crippen molar-refractivity contribution in [3.63, 3.8) is 0 Å². The van der Waals surface area contributed by atoms with Crippen molar-refractivity contribution >= 4 is 5.97 Å². The Morgan fingerprint density at radius 3 is 1.95 bits per heavy atom. The molecule has 0 atom stereocenters. The van der Waals surface area contributed by atoms with Gasteiger partial charge in [-0.05, 0) is 12.8 Å². The first-order valence-electron chi connectivity index (χ1n) is 8.96. The number of ether oxygens (including phenoxy) is 1. The molecule has 0 aliphatic heterocycles. The second-order valence-corrected chi connectivity index (χ2v) is 5.72. The summed E-state index contributed by atoms with van der Waals surface area (Å²) in [5, 5.41) is 0. The SMILES string of the molecule is C=COC(=O)C=CC=CCCCCCCCCCCCCC. The summed E-state index contributed by atoms with van der Waals surface area (Å²) in [5.74, 6) is -0.380. The summed E-state index contributed by atoms with van der Waals surface area (Å²) in [6, 6.07) is 0. The third-order valence-electron chi connectivity index (χ3n) is 3.65. The molecule has 0 heterocycles. The normalized spacial score (nSPS) is 11.3. The third-order valence-corrected chi connectivity index (χ3v) is 3.65. The van der Waals surface area contributed by atoms with Gasteiger partial charge in [0.2, 0.25) is 0 Å². The summed E-state index contributed by atoms with van der Waals surface area (Å²) in [7, 11) is 0. The van der Waals surface area contributed by atoms with Gasteiger partial charge >= 0.3 is 5.97 Å². The number of hydrogen-bond acceptors (Lipinski definition) is 2. The number of unbranched alkanes of at least 4 members (excludes halogenated alkanes) is 11. The standard InChI is InChI=1S/C20H34O2/c1-3-5-6-7-8-9-10-11-12-13-14-15-16-17-18-19-20(21)22-4-2/h4,16-19H,2-3,5-15H2,1H3. The maximum atomic E-state index is 11.0. The summed E-state index contributed by atoms with van der Waals surface area (Å²) in [5.41, 5.74) is 0. The van der Waals surface area contributed by atoms with Crippen molar-refractivity contribution in [3.05, 3.63) is 37.1 Å². The first-order chi connectivity index (χ1) is 10.8. The largest absolute Gasteiger partial charge is 0.432 e. The van der Waals surface area contributed by atoms with Gasteiger partial charge in [0.1, 0.15) is 0 Å². The molecule has 0 bridgehead atoms. The van der Waals surface area contributed by atoms with Gasteiger partial charge in [-0.25, -0.2) is 4.79 Å². The smallest absolute Gasteiger partial charge is 0.335 e. The molecular formula is C20H34O2. The minimum atomic E-state index is -0.380. The Morgan fingerprint density at radius 2 is 1.41 bits per heavy atom. The molecular weight excluding hydrogens is 272 g/mol. The van der Waals surface area contributed by atoms with E-state index in [0.717, 1.165) is 12.7 Å². The molecule has 0 aliphatic carbocycles. The van der Waals surface area contributed by atoms with Crippen molar-refractivity contribution in [2.45, 2.75) is 84.0 Å². The predicted octanol–water partition coefficient (Wildman–Crippen LogP) is 6.49. The monoisotopic (exact) mass is 306 g/mol. The Morgan fingerprint density at radius 1 is 0.864 bits per heavy atom. The molecule has 0 aromatic carbocycles. The van der Waals surface area contributed by atoms with Gasteiger partial charge in [0, 0.05) is 6.08 Å². The number of allylic oxidation sites excluding steroid dienone is 3. The average molecular weight is 306 g/mol. The van der Waals surface area contributed by atoms with E-state index in [9.17, 15) is 4.79 Å². The lowest BCUT2D eigenvalue weighted by atomic mass is 10.1. The van der Waals surface area contributed by atoms with Gasteiger partial charge in [0.05, 0.1) is 6.26 Å². The Bertz CT molecular complexity index is 316. The molecule has 22 heavy (non-hydrogen) atoms. The highest BCUT2D eigenvalue weighted by Crippen LogP contribution is 2.11. The van der Waals surface area contributed by atoms with Gasteiger partial charge < -0.3 is 4.74 Å². The number of rotatable bonds is 15. The fourth-order valence-electron chi connectivity index (χ4n) is 2.36. The summed E-state index contributed by atoms with van der Waals surface area (Å²) in [6.45, 7) is 5.59. The van der Waals surface area contributed by atoms with Crippen LogP contribution in [0, 0.1) is 0 Å². The maximum Gasteiger partial charge on any atom is 0.335 e. The number of carbonyl (C=O) groups is 1. The summed E-state index contributed by atoms with van der Waals surface area (Å²) in [4.78, 5) is 11.0. The molecule has 126 valence electrons. The van der Waals surface area contributed by atoms with Crippen LogP contribution in [-0.4, -0.2) is 5.97 Å². The van der Waals surface area contributed by atoms with E-state index in [2.05, 4.69) is 24.3 Å². The molecule has 0 amide bonds. The van der Waals surface area contributed by atoms with Gasteiger partial charge in [-0.2, -0.15) is 0 Å². The topological polar surface area (TPSA) is 26.3 Å². The Hall–Kier alpha value is -1.31. The quantitative estimate of drug-likeness (QED) is 0.114. The van der Waals surface area contributed by atoms with Gasteiger partial charge in [-0.3, -0.25) is 0 Å². The zero-order valence-electron chi connectivity index (χ0n) is 14.4. The molecule has 0 saturated heterocycles. The van der Waals surface area contributed by atoms with E-state index in [1.807, 2.05) is 6.08 Å². The van der Waals surface area contributed by atoms with Crippen LogP contribution >= 0.6 is 0 Å². The molecule has 0 aliphatic rings. The lowest BCUT2D eigenvalue weighted by Crippen LogP contribution is -1.91. The van der Waals surface area contributed by atoms with E-state index in [1.165, 1.54) is 76.7 Å². The average Bonchev–Trinajstić information content (AvgIpc) is 2.51. The lowest BCUT2D eigenvalue weighted by molar-refractivity contribution is -0.132. The summed E-state index contributed by atoms with van der Waals surface area (Å²) >= 11 is 0. The van der Waals surface area contributed by atoms with Gasteiger partial charge in [0.15, 0.2) is 0 Å². The van der Waals surface area contributed by atoms with Crippen molar-refractivity contribution in [1.82, 2.24) is 0 Å². The highest BCUT2D eigenvalue weighted by molar-refractivity contribution is 5.82. The summed E-state index contributed by atoms with van der Waals surface area (Å²) in [6.07, 6.45) is 24.4. The summed E-state index contributed by atoms with van der Waals surface area (Å²) < 4.78 is 4.57. The molecule has 0 fully saturated rings. The number of carbonyl (C=O) groups excluding carboxylic acids is 1. The van der Waals surface area contributed by atoms with Crippen LogP contribution in [0.3, 0.4) is 0 Å². The fraction of sp³-hybridized carbons (Fsp3) is 0.650. The van der Waals surface area contributed by atoms with Crippen LogP contribution in [0.25, 0.3) is 0 Å². The molecule has 2 nitrogen and oxygen atoms in total. The van der Waals surface area contributed by atoms with E-state index < -0.39 is 0 Å². The van der Waals surface area contributed by atoms with Gasteiger partial charge in [-0.15, -0.1) is 0 Å². The molecule has 0 N–H and O–H groups in total. The lowest BCUT2D eigenvalue weighted by Gasteiger charge is -2.01. The molecule has 0 aromatic rings. The van der Waals surface area contributed by atoms with Crippen LogP contribution in [0.5, 0.6) is 0 Å². The second-order valence-electron chi connectivity index (χ2n) is 5.72. The van der Waals surface area contributed by atoms with Crippen molar-refractivity contribution in [1.29, 1.82) is 0 Å². The van der Waals surface area contributed by atoms with Crippen LogP contribution in [0.15, 0.2) is 37.1 Å². The first-order valence-corrected chi connectivity index (χ1v) is 8.96. The minimum absolute atomic E-state index is 0.380. The van der Waals surface area contributed by atoms with Crippen LogP contribution < -0.4 is 0 Å². The van der Waals surface area contributed by atoms with Crippen LogP contribution in [-0.2, 0) is 9.53 Å². The number of esters is 1. The fourth-order valence-corrected chi connectivity index (χ4v) is 2.36. The Kier molecular flexibility index (Phi) is 16.7. The Labute approximate surface area is 137 Å². The zero-order valence-corrected chi connectivity index (χ0v) is 14.4. The van der Waals surface area contributed by atoms with Crippen LogP contribution in [0.2, 0.25) is 0 Å². The highest BCUT2D eigenvalue weighted by Gasteiger charge is 1.92. The third kappa shape index (κ3) is 16.7. The molecule has 0 saturated carbocycles. The van der Waals surface area contributed by atoms with Gasteiger partial charge in [-0.1, -0.05) is 95.9 Å². The van der Waals surface area contributed by atoms with Crippen molar-refractivity contribution in [2.75, 3.05) is 0 Å². The van der Waals surface area contributed by atoms with Crippen LogP contribution in [0.1, 0.15) is 84.0 Å². The van der Waals surface area contributed by atoms with Gasteiger partial charge in [0.25, 0.3) is 0 Å². The maximum absolute atomic E-state index is 11.0. The van der Waals surface area contributed by atoms with E-state index >= 15 is 0 Å². The molecule has 0 rings (SSSR count). The predicted molar refractivity (Wildman–Crippen MR) is 95.6 cm³/mol. The van der Waals surface area contributed by atoms with E-state index in [1.54, 1.807) is 6.08 Å². The van der Waals surface area contributed by atoms with Crippen molar-refractivity contribution in [2.24, 2.45) is 0 Å². The molecule has 0 radical (unpaired) electrons. The number of hydrogen-bond donors (Lipinski definition) is 0. The highest BCUT2D eigenvalue weighted by atomic mass is 16.5. The first kappa shape index (κ1) is 20.7. The van der Waals surface area contributed by atoms with E-state index in [-0.39, 0.29) is 5.97 Å². The van der Waals surface area contributed by atoms with E-state index in [0.29, 0.717) is 0 Å². The van der Waals surface area contributed by atoms with Crippen LogP contribution in [0.4, 0.5) is 0 Å². The molecule has 2 heteroatoms. The van der Waals surface area contributed by atoms with E-state index in [4.69, 9.17) is 0 Å². The molecule has 0 aromatic heterocycles. The van der Waals surface area contributed by atoms with Crippen molar-refractivity contribution < 1.29 is 9.53 Å². The van der Waals surface area contributed by atoms with Crippen molar-refractivity contribution in [3.8, 4) is 0 Å². The second kappa shape index (κ2) is 17.7. The Balaban J connectivity index is 3.23. The molecule has 0 spiro atoms. The minimum Gasteiger partial charge on any atom is -0.432 e. The zero-order chi connectivity index (χ0) is 16.3.